The Kier molecular flexibility index (Phi) is 3.04. The van der Waals surface area contributed by atoms with Crippen LogP contribution in [0.4, 0.5) is 0 Å². The van der Waals surface area contributed by atoms with Crippen molar-refractivity contribution in [2.75, 3.05) is 0 Å². The third kappa shape index (κ3) is 2.37. The average Bonchev–Trinajstić information content (AvgIpc) is 2.99. The van der Waals surface area contributed by atoms with Crippen molar-refractivity contribution < 1.29 is 4.79 Å². The van der Waals surface area contributed by atoms with Crippen LogP contribution in [-0.4, -0.2) is 22.8 Å². The van der Waals surface area contributed by atoms with E-state index >= 15 is 0 Å². The zero-order valence-electron chi connectivity index (χ0n) is 9.72. The first kappa shape index (κ1) is 11.9. The van der Waals surface area contributed by atoms with Crippen LogP contribution < -0.4 is 10.7 Å². The third-order valence-corrected chi connectivity index (χ3v) is 3.21. The van der Waals surface area contributed by atoms with Gasteiger partial charge in [0.05, 0.1) is 11.4 Å². The fourth-order valence-electron chi connectivity index (χ4n) is 1.88. The van der Waals surface area contributed by atoms with Crippen LogP contribution in [0.2, 0.25) is 0 Å². The lowest BCUT2D eigenvalue weighted by atomic mass is 10.0. The molecule has 0 bridgehead atoms. The molecule has 1 unspecified atom stereocenters. The summed E-state index contributed by atoms with van der Waals surface area (Å²) in [6.07, 6.45) is 8.63. The van der Waals surface area contributed by atoms with Crippen LogP contribution in [0.25, 0.3) is 6.08 Å². The van der Waals surface area contributed by atoms with Crippen LogP contribution >= 0.6 is 15.9 Å². The number of hydrazone groups is 1. The van der Waals surface area contributed by atoms with Gasteiger partial charge in [0.1, 0.15) is 5.92 Å². The molecule has 0 aromatic carbocycles. The lowest BCUT2D eigenvalue weighted by Gasteiger charge is -2.16. The topological polar surface area (TPSA) is 81.6 Å². The number of carbonyl (C=O) groups excluding carboxylic acids is 1. The number of carbonyl (C=O) groups is 1. The minimum absolute atomic E-state index is 0.172. The molecule has 0 fully saturated rings. The standard InChI is InChI=1S/C12H10BrN5O/c13-7-3-8(16-5-7)4-10-11(15-2-1-14-10)9-6-17-18-12(9)19/h1-6,9,14,16H,(H,18,19). The summed E-state index contributed by atoms with van der Waals surface area (Å²) < 4.78 is 0.962. The molecule has 2 aliphatic heterocycles. The number of rotatable bonds is 2. The summed E-state index contributed by atoms with van der Waals surface area (Å²) in [4.78, 5) is 19.0. The number of aliphatic imine (C=N–C) groups is 1. The Morgan fingerprint density at radius 1 is 1.42 bits per heavy atom. The average molecular weight is 320 g/mol. The molecule has 96 valence electrons. The summed E-state index contributed by atoms with van der Waals surface area (Å²) in [5, 5.41) is 6.86. The predicted octanol–water partition coefficient (Wildman–Crippen LogP) is 1.37. The van der Waals surface area contributed by atoms with Gasteiger partial charge in [-0.3, -0.25) is 9.79 Å². The SMILES string of the molecule is O=C1NN=CC1C1=NC=CNC1=Cc1cc(Br)c[nH]1. The van der Waals surface area contributed by atoms with Crippen LogP contribution in [0.15, 0.2) is 44.9 Å². The maximum absolute atomic E-state index is 11.7. The number of hydrogen-bond donors (Lipinski definition) is 3. The Morgan fingerprint density at radius 3 is 3.00 bits per heavy atom. The van der Waals surface area contributed by atoms with Crippen LogP contribution in [-0.2, 0) is 4.79 Å². The van der Waals surface area contributed by atoms with E-state index in [9.17, 15) is 4.79 Å². The fraction of sp³-hybridized carbons (Fsp3) is 0.0833. The number of aromatic amines is 1. The molecule has 1 atom stereocenters. The lowest BCUT2D eigenvalue weighted by molar-refractivity contribution is -0.120. The molecule has 0 saturated carbocycles. The van der Waals surface area contributed by atoms with Gasteiger partial charge in [-0.15, -0.1) is 0 Å². The van der Waals surface area contributed by atoms with Gasteiger partial charge in [-0.1, -0.05) is 0 Å². The third-order valence-electron chi connectivity index (χ3n) is 2.75. The van der Waals surface area contributed by atoms with Crippen molar-refractivity contribution in [1.29, 1.82) is 0 Å². The van der Waals surface area contributed by atoms with Crippen LogP contribution in [0, 0.1) is 5.92 Å². The molecule has 2 aliphatic rings. The first-order chi connectivity index (χ1) is 9.24. The molecule has 0 saturated heterocycles. The Morgan fingerprint density at radius 2 is 2.32 bits per heavy atom. The second-order valence-electron chi connectivity index (χ2n) is 4.04. The van der Waals surface area contributed by atoms with Crippen LogP contribution in [0.5, 0.6) is 0 Å². The molecule has 0 aliphatic carbocycles. The van der Waals surface area contributed by atoms with Gasteiger partial charge in [0.2, 0.25) is 0 Å². The van der Waals surface area contributed by atoms with Crippen molar-refractivity contribution in [2.45, 2.75) is 0 Å². The minimum Gasteiger partial charge on any atom is -0.361 e. The van der Waals surface area contributed by atoms with Crippen molar-refractivity contribution in [3.63, 3.8) is 0 Å². The summed E-state index contributed by atoms with van der Waals surface area (Å²) in [6, 6.07) is 1.94. The predicted molar refractivity (Wildman–Crippen MR) is 76.3 cm³/mol. The summed E-state index contributed by atoms with van der Waals surface area (Å²) >= 11 is 3.38. The molecule has 1 aromatic rings. The highest BCUT2D eigenvalue weighted by atomic mass is 79.9. The van der Waals surface area contributed by atoms with Crippen molar-refractivity contribution in [2.24, 2.45) is 16.0 Å². The molecule has 3 heterocycles. The normalized spacial score (nSPS) is 23.4. The molecule has 3 rings (SSSR count). The molecule has 19 heavy (non-hydrogen) atoms. The largest absolute Gasteiger partial charge is 0.361 e. The van der Waals surface area contributed by atoms with Crippen molar-refractivity contribution in [3.05, 3.63) is 40.5 Å². The molecular weight excluding hydrogens is 310 g/mol. The van der Waals surface area contributed by atoms with Gasteiger partial charge >= 0.3 is 0 Å². The Hall–Kier alpha value is -2.15. The van der Waals surface area contributed by atoms with Gasteiger partial charge in [-0.2, -0.15) is 5.10 Å². The maximum Gasteiger partial charge on any atom is 0.254 e. The van der Waals surface area contributed by atoms with E-state index in [4.69, 9.17) is 0 Å². The van der Waals surface area contributed by atoms with E-state index in [2.05, 4.69) is 41.8 Å². The van der Waals surface area contributed by atoms with Crippen LogP contribution in [0.1, 0.15) is 5.69 Å². The molecule has 6 nitrogen and oxygen atoms in total. The van der Waals surface area contributed by atoms with E-state index in [1.54, 1.807) is 18.6 Å². The summed E-state index contributed by atoms with van der Waals surface area (Å²) in [6.45, 7) is 0. The van der Waals surface area contributed by atoms with Gasteiger partial charge in [0, 0.05) is 35.0 Å². The smallest absolute Gasteiger partial charge is 0.254 e. The Labute approximate surface area is 117 Å². The summed E-state index contributed by atoms with van der Waals surface area (Å²) in [7, 11) is 0. The van der Waals surface area contributed by atoms with Gasteiger partial charge in [-0.25, -0.2) is 5.43 Å². The summed E-state index contributed by atoms with van der Waals surface area (Å²) in [5.74, 6) is -0.628. The van der Waals surface area contributed by atoms with E-state index in [1.807, 2.05) is 18.3 Å². The number of halogens is 1. The Bertz CT molecular complexity index is 640. The zero-order chi connectivity index (χ0) is 13.2. The second-order valence-corrected chi connectivity index (χ2v) is 4.95. The highest BCUT2D eigenvalue weighted by Crippen LogP contribution is 2.17. The van der Waals surface area contributed by atoms with E-state index in [0.717, 1.165) is 15.9 Å². The van der Waals surface area contributed by atoms with E-state index < -0.39 is 5.92 Å². The molecule has 1 amide bonds. The monoisotopic (exact) mass is 319 g/mol. The lowest BCUT2D eigenvalue weighted by Crippen LogP contribution is -2.32. The number of allylic oxidation sites excluding steroid dienone is 1. The number of nitrogens with zero attached hydrogens (tertiary/aromatic N) is 2. The van der Waals surface area contributed by atoms with E-state index in [0.29, 0.717) is 5.71 Å². The van der Waals surface area contributed by atoms with Gasteiger partial charge in [0.15, 0.2) is 0 Å². The molecular formula is C12H10BrN5O. The molecule has 3 N–H and O–H groups in total. The molecule has 0 spiro atoms. The van der Waals surface area contributed by atoms with Gasteiger partial charge in [0.25, 0.3) is 5.91 Å². The van der Waals surface area contributed by atoms with Crippen molar-refractivity contribution in [1.82, 2.24) is 15.7 Å². The fourth-order valence-corrected chi connectivity index (χ4v) is 2.24. The number of hydrogen-bond acceptors (Lipinski definition) is 4. The minimum atomic E-state index is -0.456. The van der Waals surface area contributed by atoms with Crippen molar-refractivity contribution >= 4 is 39.8 Å². The van der Waals surface area contributed by atoms with Crippen molar-refractivity contribution in [3.8, 4) is 0 Å². The first-order valence-corrected chi connectivity index (χ1v) is 6.41. The number of amides is 1. The molecule has 0 radical (unpaired) electrons. The van der Waals surface area contributed by atoms with Crippen LogP contribution in [0.3, 0.4) is 0 Å². The zero-order valence-corrected chi connectivity index (χ0v) is 11.3. The van der Waals surface area contributed by atoms with E-state index in [-0.39, 0.29) is 5.91 Å². The second kappa shape index (κ2) is 4.85. The molecule has 7 heteroatoms. The highest BCUT2D eigenvalue weighted by Gasteiger charge is 2.29. The van der Waals surface area contributed by atoms with Gasteiger partial charge in [-0.05, 0) is 28.1 Å². The quantitative estimate of drug-likeness (QED) is 0.769. The van der Waals surface area contributed by atoms with Gasteiger partial charge < -0.3 is 10.3 Å². The number of nitrogens with one attached hydrogen (secondary N) is 3. The van der Waals surface area contributed by atoms with E-state index in [1.165, 1.54) is 0 Å². The molecule has 1 aromatic heterocycles. The number of H-pyrrole nitrogens is 1. The summed E-state index contributed by atoms with van der Waals surface area (Å²) in [5.41, 5.74) is 4.73. The number of aromatic nitrogens is 1. The highest BCUT2D eigenvalue weighted by molar-refractivity contribution is 9.10. The maximum atomic E-state index is 11.7. The first-order valence-electron chi connectivity index (χ1n) is 5.62. The Balaban J connectivity index is 1.94.